The molecule has 1 amide bonds. The van der Waals surface area contributed by atoms with Crippen molar-refractivity contribution in [2.45, 2.75) is 83.0 Å². The smallest absolute Gasteiger partial charge is 0.410 e. The van der Waals surface area contributed by atoms with Crippen molar-refractivity contribution in [1.82, 2.24) is 15.2 Å². The molecule has 1 saturated carbocycles. The Bertz CT molecular complexity index is 937. The van der Waals surface area contributed by atoms with Crippen LogP contribution in [0.1, 0.15) is 59.3 Å². The number of rotatable bonds is 5. The lowest BCUT2D eigenvalue weighted by Gasteiger charge is -2.33. The standard InChI is InChI=1S/C25H35ClN4O2/c1-25(2,3)32-24(31)30-14-4-5-20(30)16-28-18-7-9-19(10-8-18)29-22-12-13-27-23-15-17(26)6-11-21(22)23/h6,11-13,15,18-20,28H,4-5,7-10,14,16H2,1-3H3,(H,27,29)/t18?,19?,20-/m1/s1. The van der Waals surface area contributed by atoms with Gasteiger partial charge in [0.15, 0.2) is 0 Å². The van der Waals surface area contributed by atoms with Crippen LogP contribution in [0.4, 0.5) is 10.5 Å². The van der Waals surface area contributed by atoms with E-state index in [-0.39, 0.29) is 12.1 Å². The van der Waals surface area contributed by atoms with Crippen molar-refractivity contribution >= 4 is 34.3 Å². The Balaban J connectivity index is 1.25. The summed E-state index contributed by atoms with van der Waals surface area (Å²) in [6, 6.07) is 9.11. The molecule has 32 heavy (non-hydrogen) atoms. The number of nitrogens with zero attached hydrogens (tertiary/aromatic N) is 2. The first-order valence-corrected chi connectivity index (χ1v) is 12.2. The van der Waals surface area contributed by atoms with Crippen molar-refractivity contribution in [2.75, 3.05) is 18.4 Å². The molecule has 0 radical (unpaired) electrons. The van der Waals surface area contributed by atoms with E-state index in [1.165, 1.54) is 0 Å². The summed E-state index contributed by atoms with van der Waals surface area (Å²) in [4.78, 5) is 18.9. The van der Waals surface area contributed by atoms with Gasteiger partial charge in [0.25, 0.3) is 0 Å². The molecule has 6 nitrogen and oxygen atoms in total. The van der Waals surface area contributed by atoms with Gasteiger partial charge in [-0.15, -0.1) is 0 Å². The van der Waals surface area contributed by atoms with Gasteiger partial charge in [-0.05, 0) is 83.6 Å². The summed E-state index contributed by atoms with van der Waals surface area (Å²) >= 11 is 6.11. The fourth-order valence-corrected chi connectivity index (χ4v) is 4.99. The van der Waals surface area contributed by atoms with Crippen molar-refractivity contribution in [3.05, 3.63) is 35.5 Å². The Morgan fingerprint density at radius 3 is 2.66 bits per heavy atom. The van der Waals surface area contributed by atoms with Crippen LogP contribution in [0.2, 0.25) is 5.02 Å². The number of likely N-dealkylation sites (tertiary alicyclic amines) is 1. The van der Waals surface area contributed by atoms with Crippen molar-refractivity contribution in [3.63, 3.8) is 0 Å². The number of anilines is 1. The average molecular weight is 459 g/mol. The summed E-state index contributed by atoms with van der Waals surface area (Å²) < 4.78 is 5.59. The zero-order valence-electron chi connectivity index (χ0n) is 19.4. The Hall–Kier alpha value is -2.05. The molecule has 174 valence electrons. The van der Waals surface area contributed by atoms with Gasteiger partial charge in [0.2, 0.25) is 0 Å². The maximum atomic E-state index is 12.5. The van der Waals surface area contributed by atoms with Crippen LogP contribution in [0.3, 0.4) is 0 Å². The molecule has 2 heterocycles. The van der Waals surface area contributed by atoms with Gasteiger partial charge in [0.1, 0.15) is 5.60 Å². The van der Waals surface area contributed by atoms with Crippen molar-refractivity contribution in [3.8, 4) is 0 Å². The first-order chi connectivity index (χ1) is 15.3. The molecule has 0 spiro atoms. The van der Waals surface area contributed by atoms with Crippen LogP contribution >= 0.6 is 11.6 Å². The van der Waals surface area contributed by atoms with Gasteiger partial charge in [-0.1, -0.05) is 11.6 Å². The van der Waals surface area contributed by atoms with Gasteiger partial charge in [-0.3, -0.25) is 4.98 Å². The van der Waals surface area contributed by atoms with Crippen molar-refractivity contribution < 1.29 is 9.53 Å². The lowest BCUT2D eigenvalue weighted by Crippen LogP contribution is -2.47. The lowest BCUT2D eigenvalue weighted by molar-refractivity contribution is 0.0224. The largest absolute Gasteiger partial charge is 0.444 e. The van der Waals surface area contributed by atoms with E-state index in [4.69, 9.17) is 16.3 Å². The number of halogens is 1. The number of benzene rings is 1. The predicted octanol–water partition coefficient (Wildman–Crippen LogP) is 5.60. The van der Waals surface area contributed by atoms with Crippen LogP contribution in [-0.4, -0.2) is 52.8 Å². The van der Waals surface area contributed by atoms with E-state index in [0.29, 0.717) is 17.1 Å². The summed E-state index contributed by atoms with van der Waals surface area (Å²) in [7, 11) is 0. The number of nitrogens with one attached hydrogen (secondary N) is 2. The number of fused-ring (bicyclic) bond motifs is 1. The van der Waals surface area contributed by atoms with Crippen LogP contribution in [0.15, 0.2) is 30.5 Å². The number of carbonyl (C=O) groups excluding carboxylic acids is 1. The molecule has 1 aromatic heterocycles. The topological polar surface area (TPSA) is 66.5 Å². The molecule has 2 aliphatic rings. The number of hydrogen-bond acceptors (Lipinski definition) is 5. The third-order valence-corrected chi connectivity index (χ3v) is 6.67. The van der Waals surface area contributed by atoms with E-state index in [9.17, 15) is 4.79 Å². The zero-order valence-corrected chi connectivity index (χ0v) is 20.1. The molecule has 4 rings (SSSR count). The zero-order chi connectivity index (χ0) is 22.7. The minimum Gasteiger partial charge on any atom is -0.444 e. The third kappa shape index (κ3) is 5.84. The molecule has 2 N–H and O–H groups in total. The quantitative estimate of drug-likeness (QED) is 0.610. The molecular weight excluding hydrogens is 424 g/mol. The molecule has 2 fully saturated rings. The van der Waals surface area contributed by atoms with E-state index in [2.05, 4.69) is 15.6 Å². The Kier molecular flexibility index (Phi) is 7.11. The summed E-state index contributed by atoms with van der Waals surface area (Å²) in [6.45, 7) is 7.40. The van der Waals surface area contributed by atoms with Crippen molar-refractivity contribution in [1.29, 1.82) is 0 Å². The van der Waals surface area contributed by atoms with E-state index < -0.39 is 5.60 Å². The molecule has 1 saturated heterocycles. The fraction of sp³-hybridized carbons (Fsp3) is 0.600. The monoisotopic (exact) mass is 458 g/mol. The molecule has 7 heteroatoms. The van der Waals surface area contributed by atoms with Gasteiger partial charge in [-0.25, -0.2) is 4.79 Å². The molecule has 1 atom stereocenters. The Morgan fingerprint density at radius 1 is 1.16 bits per heavy atom. The number of ether oxygens (including phenoxy) is 1. The van der Waals surface area contributed by atoms with Crippen LogP contribution < -0.4 is 10.6 Å². The molecule has 1 aromatic carbocycles. The fourth-order valence-electron chi connectivity index (χ4n) is 4.82. The first-order valence-electron chi connectivity index (χ1n) is 11.8. The van der Waals surface area contributed by atoms with Crippen LogP contribution in [0.5, 0.6) is 0 Å². The number of amides is 1. The summed E-state index contributed by atoms with van der Waals surface area (Å²) in [5.74, 6) is 0. The second kappa shape index (κ2) is 9.84. The summed E-state index contributed by atoms with van der Waals surface area (Å²) in [6.07, 6.45) is 8.25. The van der Waals surface area contributed by atoms with Gasteiger partial charge in [0.05, 0.1) is 5.52 Å². The maximum absolute atomic E-state index is 12.5. The summed E-state index contributed by atoms with van der Waals surface area (Å²) in [5.41, 5.74) is 1.60. The molecule has 1 aliphatic carbocycles. The molecule has 1 aliphatic heterocycles. The minimum absolute atomic E-state index is 0.180. The maximum Gasteiger partial charge on any atom is 0.410 e. The highest BCUT2D eigenvalue weighted by atomic mass is 35.5. The van der Waals surface area contributed by atoms with E-state index in [1.807, 2.05) is 56.1 Å². The van der Waals surface area contributed by atoms with Crippen LogP contribution in [0.25, 0.3) is 10.9 Å². The predicted molar refractivity (Wildman–Crippen MR) is 130 cm³/mol. The highest BCUT2D eigenvalue weighted by Gasteiger charge is 2.32. The second-order valence-corrected chi connectivity index (χ2v) is 10.5. The minimum atomic E-state index is -0.449. The molecular formula is C25H35ClN4O2. The van der Waals surface area contributed by atoms with E-state index >= 15 is 0 Å². The lowest BCUT2D eigenvalue weighted by atomic mass is 9.90. The number of aromatic nitrogens is 1. The van der Waals surface area contributed by atoms with Gasteiger partial charge in [-0.2, -0.15) is 0 Å². The SMILES string of the molecule is CC(C)(C)OC(=O)N1CCC[C@@H]1CNC1CCC(Nc2ccnc3cc(Cl)ccc23)CC1. The number of pyridine rings is 1. The molecule has 0 unspecified atom stereocenters. The Labute approximate surface area is 196 Å². The number of carbonyl (C=O) groups is 1. The normalized spacial score (nSPS) is 24.0. The molecule has 2 aromatic rings. The first kappa shape index (κ1) is 23.1. The highest BCUT2D eigenvalue weighted by molar-refractivity contribution is 6.31. The van der Waals surface area contributed by atoms with Gasteiger partial charge < -0.3 is 20.3 Å². The Morgan fingerprint density at radius 2 is 1.91 bits per heavy atom. The van der Waals surface area contributed by atoms with Crippen LogP contribution in [0, 0.1) is 0 Å². The van der Waals surface area contributed by atoms with E-state index in [1.54, 1.807) is 0 Å². The van der Waals surface area contributed by atoms with Gasteiger partial charge in [0, 0.05) is 53.5 Å². The van der Waals surface area contributed by atoms with Crippen molar-refractivity contribution in [2.24, 2.45) is 0 Å². The molecule has 0 bridgehead atoms. The summed E-state index contributed by atoms with van der Waals surface area (Å²) in [5, 5.41) is 9.28. The second-order valence-electron chi connectivity index (χ2n) is 10.1. The highest BCUT2D eigenvalue weighted by Crippen LogP contribution is 2.28. The van der Waals surface area contributed by atoms with Gasteiger partial charge >= 0.3 is 6.09 Å². The third-order valence-electron chi connectivity index (χ3n) is 6.44. The average Bonchev–Trinajstić information content (AvgIpc) is 3.21. The van der Waals surface area contributed by atoms with E-state index in [0.717, 1.165) is 68.2 Å². The number of hydrogen-bond donors (Lipinski definition) is 2. The van der Waals surface area contributed by atoms with Crippen LogP contribution in [-0.2, 0) is 4.74 Å².